The van der Waals surface area contributed by atoms with Crippen LogP contribution in [-0.2, 0) is 16.1 Å². The first kappa shape index (κ1) is 12.9. The number of halogens is 1. The summed E-state index contributed by atoms with van der Waals surface area (Å²) in [6.45, 7) is 2.41. The van der Waals surface area contributed by atoms with Gasteiger partial charge in [-0.1, -0.05) is 11.6 Å². The number of nitrogens with zero attached hydrogens (tertiary/aromatic N) is 1. The molecule has 2 heterocycles. The number of nitrogens with one attached hydrogen (secondary N) is 1. The van der Waals surface area contributed by atoms with Crippen LogP contribution in [0.3, 0.4) is 0 Å². The van der Waals surface area contributed by atoms with Gasteiger partial charge in [-0.3, -0.25) is 4.79 Å². The van der Waals surface area contributed by atoms with Crippen LogP contribution in [-0.4, -0.2) is 31.6 Å². The van der Waals surface area contributed by atoms with E-state index in [1.54, 1.807) is 0 Å². The van der Waals surface area contributed by atoms with Crippen LogP contribution in [0.1, 0.15) is 18.4 Å². The molecule has 1 N–H and O–H groups in total. The zero-order valence-corrected chi connectivity index (χ0v) is 11.4. The molecule has 3 rings (SSSR count). The second-order valence-corrected chi connectivity index (χ2v) is 5.44. The Hall–Kier alpha value is -1.10. The molecule has 0 amide bonds. The fraction of sp³-hybridized carbons (Fsp3) is 0.500. The van der Waals surface area contributed by atoms with E-state index in [4.69, 9.17) is 16.3 Å². The zero-order chi connectivity index (χ0) is 13.2. The molecule has 0 radical (unpaired) electrons. The lowest BCUT2D eigenvalue weighted by molar-refractivity contribution is -0.120. The Balaban J connectivity index is 1.96. The first-order valence-corrected chi connectivity index (χ1v) is 7.02. The summed E-state index contributed by atoms with van der Waals surface area (Å²) in [6.07, 6.45) is 2.46. The van der Waals surface area contributed by atoms with E-state index in [0.717, 1.165) is 43.5 Å². The molecule has 2 aliphatic heterocycles. The second kappa shape index (κ2) is 5.49. The number of ether oxygens (including phenoxy) is 1. The lowest BCUT2D eigenvalue weighted by atomic mass is 10.0. The third-order valence-electron chi connectivity index (χ3n) is 3.82. The van der Waals surface area contributed by atoms with Crippen LogP contribution in [0.4, 0.5) is 5.69 Å². The number of benzene rings is 1. The molecule has 1 aromatic carbocycles. The molecule has 19 heavy (non-hydrogen) atoms. The number of aldehydes is 1. The summed E-state index contributed by atoms with van der Waals surface area (Å²) in [5, 5.41) is 4.05. The van der Waals surface area contributed by atoms with Gasteiger partial charge in [-0.05, 0) is 44.1 Å². The summed E-state index contributed by atoms with van der Waals surface area (Å²) in [5.41, 5.74) is 2.14. The number of hydrogen-bond donors (Lipinski definition) is 1. The fourth-order valence-corrected chi connectivity index (χ4v) is 3.10. The Morgan fingerprint density at radius 2 is 2.16 bits per heavy atom. The predicted octanol–water partition coefficient (Wildman–Crippen LogP) is 1.95. The third kappa shape index (κ3) is 2.48. The van der Waals surface area contributed by atoms with E-state index < -0.39 is 6.23 Å². The van der Waals surface area contributed by atoms with E-state index in [1.807, 2.05) is 18.2 Å². The average Bonchev–Trinajstić information content (AvgIpc) is 2.46. The Morgan fingerprint density at radius 1 is 1.37 bits per heavy atom. The van der Waals surface area contributed by atoms with Crippen LogP contribution < -0.4 is 10.2 Å². The number of carbonyl (C=O) groups excluding carboxylic acids is 1. The molecular formula is C14H17ClN2O2. The van der Waals surface area contributed by atoms with Gasteiger partial charge < -0.3 is 15.0 Å². The highest BCUT2D eigenvalue weighted by molar-refractivity contribution is 6.30. The highest BCUT2D eigenvalue weighted by atomic mass is 35.5. The monoisotopic (exact) mass is 280 g/mol. The zero-order valence-electron chi connectivity index (χ0n) is 10.6. The molecule has 2 aliphatic rings. The maximum absolute atomic E-state index is 11.3. The minimum absolute atomic E-state index is 0.344. The molecule has 0 bridgehead atoms. The molecule has 5 heteroatoms. The lowest BCUT2D eigenvalue weighted by Gasteiger charge is -2.43. The Labute approximate surface area is 117 Å². The van der Waals surface area contributed by atoms with Gasteiger partial charge in [0.05, 0.1) is 6.61 Å². The standard InChI is InChI=1S/C14H17ClN2O2/c15-11-1-2-13-10(7-11)9-19-14(8-18)17(13)12-3-5-16-6-4-12/h1-2,7-8,12,14,16H,3-6,9H2. The van der Waals surface area contributed by atoms with Gasteiger partial charge in [0.2, 0.25) is 0 Å². The molecule has 1 saturated heterocycles. The van der Waals surface area contributed by atoms with Crippen molar-refractivity contribution in [2.45, 2.75) is 31.7 Å². The number of fused-ring (bicyclic) bond motifs is 1. The molecule has 0 aromatic heterocycles. The molecule has 1 aromatic rings. The quantitative estimate of drug-likeness (QED) is 0.841. The van der Waals surface area contributed by atoms with Crippen molar-refractivity contribution < 1.29 is 9.53 Å². The van der Waals surface area contributed by atoms with Crippen molar-refractivity contribution in [3.05, 3.63) is 28.8 Å². The number of piperidine rings is 1. The fourth-order valence-electron chi connectivity index (χ4n) is 2.91. The molecule has 102 valence electrons. The second-order valence-electron chi connectivity index (χ2n) is 5.00. The van der Waals surface area contributed by atoms with Crippen LogP contribution in [0.5, 0.6) is 0 Å². The molecular weight excluding hydrogens is 264 g/mol. The molecule has 1 unspecified atom stereocenters. The van der Waals surface area contributed by atoms with Gasteiger partial charge in [-0.25, -0.2) is 0 Å². The van der Waals surface area contributed by atoms with Crippen LogP contribution >= 0.6 is 11.6 Å². The van der Waals surface area contributed by atoms with E-state index in [9.17, 15) is 4.79 Å². The summed E-state index contributed by atoms with van der Waals surface area (Å²) >= 11 is 6.03. The Kier molecular flexibility index (Phi) is 3.73. The van der Waals surface area contributed by atoms with Gasteiger partial charge in [0.25, 0.3) is 0 Å². The molecule has 1 fully saturated rings. The van der Waals surface area contributed by atoms with Crippen molar-refractivity contribution in [1.82, 2.24) is 5.32 Å². The Morgan fingerprint density at radius 3 is 2.89 bits per heavy atom. The number of anilines is 1. The number of rotatable bonds is 2. The van der Waals surface area contributed by atoms with E-state index >= 15 is 0 Å². The normalized spacial score (nSPS) is 24.1. The molecule has 4 nitrogen and oxygen atoms in total. The summed E-state index contributed by atoms with van der Waals surface area (Å²) in [5.74, 6) is 0. The van der Waals surface area contributed by atoms with Gasteiger partial charge in [0, 0.05) is 22.3 Å². The predicted molar refractivity (Wildman–Crippen MR) is 74.5 cm³/mol. The third-order valence-corrected chi connectivity index (χ3v) is 4.06. The molecule has 0 spiro atoms. The summed E-state index contributed by atoms with van der Waals surface area (Å²) in [7, 11) is 0. The number of hydrogen-bond acceptors (Lipinski definition) is 4. The van der Waals surface area contributed by atoms with Crippen LogP contribution in [0.15, 0.2) is 18.2 Å². The van der Waals surface area contributed by atoms with E-state index in [1.165, 1.54) is 0 Å². The minimum Gasteiger partial charge on any atom is -0.346 e. The van der Waals surface area contributed by atoms with Crippen LogP contribution in [0.2, 0.25) is 5.02 Å². The first-order chi connectivity index (χ1) is 9.29. The van der Waals surface area contributed by atoms with Gasteiger partial charge in [0.15, 0.2) is 12.5 Å². The van der Waals surface area contributed by atoms with Crippen molar-refractivity contribution in [3.63, 3.8) is 0 Å². The summed E-state index contributed by atoms with van der Waals surface area (Å²) in [4.78, 5) is 13.4. The van der Waals surface area contributed by atoms with Gasteiger partial charge in [-0.2, -0.15) is 0 Å². The van der Waals surface area contributed by atoms with Crippen molar-refractivity contribution in [3.8, 4) is 0 Å². The maximum atomic E-state index is 11.3. The highest BCUT2D eigenvalue weighted by Crippen LogP contribution is 2.34. The summed E-state index contributed by atoms with van der Waals surface area (Å²) in [6, 6.07) is 6.14. The topological polar surface area (TPSA) is 41.6 Å². The van der Waals surface area contributed by atoms with E-state index in [2.05, 4.69) is 10.2 Å². The smallest absolute Gasteiger partial charge is 0.187 e. The van der Waals surface area contributed by atoms with Gasteiger partial charge in [-0.15, -0.1) is 0 Å². The van der Waals surface area contributed by atoms with Crippen molar-refractivity contribution in [2.75, 3.05) is 18.0 Å². The average molecular weight is 281 g/mol. The van der Waals surface area contributed by atoms with Crippen molar-refractivity contribution >= 4 is 23.6 Å². The van der Waals surface area contributed by atoms with Crippen LogP contribution in [0, 0.1) is 0 Å². The lowest BCUT2D eigenvalue weighted by Crippen LogP contribution is -2.52. The van der Waals surface area contributed by atoms with Crippen molar-refractivity contribution in [2.24, 2.45) is 0 Å². The molecule has 0 saturated carbocycles. The highest BCUT2D eigenvalue weighted by Gasteiger charge is 2.32. The first-order valence-electron chi connectivity index (χ1n) is 6.64. The number of carbonyl (C=O) groups is 1. The SMILES string of the molecule is O=CC1OCc2cc(Cl)ccc2N1C1CCNCC1. The van der Waals surface area contributed by atoms with E-state index in [0.29, 0.717) is 17.7 Å². The van der Waals surface area contributed by atoms with Gasteiger partial charge >= 0.3 is 0 Å². The summed E-state index contributed by atoms with van der Waals surface area (Å²) < 4.78 is 5.65. The maximum Gasteiger partial charge on any atom is 0.187 e. The van der Waals surface area contributed by atoms with Gasteiger partial charge in [0.1, 0.15) is 0 Å². The van der Waals surface area contributed by atoms with E-state index in [-0.39, 0.29) is 0 Å². The largest absolute Gasteiger partial charge is 0.346 e. The van der Waals surface area contributed by atoms with Crippen LogP contribution in [0.25, 0.3) is 0 Å². The molecule has 1 atom stereocenters. The molecule has 0 aliphatic carbocycles. The van der Waals surface area contributed by atoms with Crippen molar-refractivity contribution in [1.29, 1.82) is 0 Å². The Bertz CT molecular complexity index is 475. The minimum atomic E-state index is -0.475.